The second-order valence-corrected chi connectivity index (χ2v) is 6.49. The number of hydrogen-bond donors (Lipinski definition) is 1. The maximum Gasteiger partial charge on any atom is 0.322 e. The highest BCUT2D eigenvalue weighted by Gasteiger charge is 2.30. The number of carbonyl (C=O) groups is 3. The SMILES string of the molecule is O=C(Nc1nnc(-c2cccc(Cl)c2)o1)c1cccc(N2C(=O)CCC2=O)c1. The average Bonchev–Trinajstić information content (AvgIpc) is 3.28. The number of carbonyl (C=O) groups excluding carboxylic acids is 3. The predicted molar refractivity (Wildman–Crippen MR) is 101 cm³/mol. The van der Waals surface area contributed by atoms with E-state index in [0.29, 0.717) is 16.3 Å². The van der Waals surface area contributed by atoms with Gasteiger partial charge < -0.3 is 4.42 Å². The molecule has 0 bridgehead atoms. The first-order chi connectivity index (χ1) is 13.5. The number of anilines is 2. The molecule has 140 valence electrons. The third-order valence-electron chi connectivity index (χ3n) is 4.14. The minimum Gasteiger partial charge on any atom is -0.403 e. The molecule has 28 heavy (non-hydrogen) atoms. The van der Waals surface area contributed by atoms with E-state index in [-0.39, 0.29) is 42.1 Å². The quantitative estimate of drug-likeness (QED) is 0.678. The van der Waals surface area contributed by atoms with Crippen LogP contribution in [-0.4, -0.2) is 27.9 Å². The summed E-state index contributed by atoms with van der Waals surface area (Å²) in [5.41, 5.74) is 1.21. The van der Waals surface area contributed by atoms with Crippen LogP contribution in [0.2, 0.25) is 5.02 Å². The topological polar surface area (TPSA) is 105 Å². The molecule has 2 heterocycles. The number of imide groups is 1. The zero-order valence-corrected chi connectivity index (χ0v) is 15.1. The Kier molecular flexibility index (Phi) is 4.62. The molecule has 1 aliphatic rings. The van der Waals surface area contributed by atoms with E-state index in [2.05, 4.69) is 15.5 Å². The Hall–Kier alpha value is -3.52. The summed E-state index contributed by atoms with van der Waals surface area (Å²) < 4.78 is 5.45. The second-order valence-electron chi connectivity index (χ2n) is 6.05. The van der Waals surface area contributed by atoms with Gasteiger partial charge in [-0.2, -0.15) is 0 Å². The van der Waals surface area contributed by atoms with Gasteiger partial charge in [0.2, 0.25) is 17.7 Å². The summed E-state index contributed by atoms with van der Waals surface area (Å²) in [7, 11) is 0. The molecular weight excluding hydrogens is 384 g/mol. The first kappa shape index (κ1) is 17.9. The van der Waals surface area contributed by atoms with Crippen LogP contribution in [0.3, 0.4) is 0 Å². The van der Waals surface area contributed by atoms with E-state index < -0.39 is 5.91 Å². The number of nitrogens with one attached hydrogen (secondary N) is 1. The molecule has 1 aromatic heterocycles. The lowest BCUT2D eigenvalue weighted by atomic mass is 10.2. The van der Waals surface area contributed by atoms with E-state index in [9.17, 15) is 14.4 Å². The Morgan fingerprint density at radius 2 is 1.79 bits per heavy atom. The molecule has 0 saturated carbocycles. The summed E-state index contributed by atoms with van der Waals surface area (Å²) in [6.45, 7) is 0. The van der Waals surface area contributed by atoms with Gasteiger partial charge in [-0.05, 0) is 36.4 Å². The molecule has 0 radical (unpaired) electrons. The largest absolute Gasteiger partial charge is 0.403 e. The average molecular weight is 397 g/mol. The summed E-state index contributed by atoms with van der Waals surface area (Å²) in [6.07, 6.45) is 0.340. The maximum atomic E-state index is 12.5. The van der Waals surface area contributed by atoms with Crippen LogP contribution in [-0.2, 0) is 9.59 Å². The fourth-order valence-corrected chi connectivity index (χ4v) is 3.02. The van der Waals surface area contributed by atoms with Gasteiger partial charge in [0.1, 0.15) is 0 Å². The number of amides is 3. The van der Waals surface area contributed by atoms with Crippen LogP contribution in [0.25, 0.3) is 11.5 Å². The molecule has 1 N–H and O–H groups in total. The molecule has 1 saturated heterocycles. The summed E-state index contributed by atoms with van der Waals surface area (Å²) in [6, 6.07) is 13.0. The van der Waals surface area contributed by atoms with Gasteiger partial charge in [-0.15, -0.1) is 5.10 Å². The Labute approximate surface area is 164 Å². The van der Waals surface area contributed by atoms with Crippen molar-refractivity contribution < 1.29 is 18.8 Å². The van der Waals surface area contributed by atoms with Crippen molar-refractivity contribution in [1.82, 2.24) is 10.2 Å². The number of benzene rings is 2. The smallest absolute Gasteiger partial charge is 0.322 e. The lowest BCUT2D eigenvalue weighted by Crippen LogP contribution is -2.28. The fourth-order valence-electron chi connectivity index (χ4n) is 2.83. The lowest BCUT2D eigenvalue weighted by Gasteiger charge is -2.14. The summed E-state index contributed by atoms with van der Waals surface area (Å²) in [5.74, 6) is -0.877. The molecule has 0 spiro atoms. The molecule has 1 fully saturated rings. The van der Waals surface area contributed by atoms with Crippen LogP contribution in [0.1, 0.15) is 23.2 Å². The van der Waals surface area contributed by atoms with Crippen LogP contribution in [0.4, 0.5) is 11.7 Å². The Morgan fingerprint density at radius 1 is 1.04 bits per heavy atom. The van der Waals surface area contributed by atoms with E-state index in [1.165, 1.54) is 6.07 Å². The number of rotatable bonds is 4. The van der Waals surface area contributed by atoms with E-state index in [1.54, 1.807) is 42.5 Å². The minimum atomic E-state index is -0.512. The molecule has 3 amide bonds. The fraction of sp³-hybridized carbons (Fsp3) is 0.105. The molecule has 8 nitrogen and oxygen atoms in total. The highest BCUT2D eigenvalue weighted by molar-refractivity contribution is 6.30. The summed E-state index contributed by atoms with van der Waals surface area (Å²) in [4.78, 5) is 37.3. The van der Waals surface area contributed by atoms with Gasteiger partial charge in [0.25, 0.3) is 5.91 Å². The molecule has 4 rings (SSSR count). The Morgan fingerprint density at radius 3 is 2.54 bits per heavy atom. The van der Waals surface area contributed by atoms with Crippen LogP contribution in [0.15, 0.2) is 52.9 Å². The van der Waals surface area contributed by atoms with Gasteiger partial charge >= 0.3 is 6.01 Å². The second kappa shape index (κ2) is 7.24. The zero-order valence-electron chi connectivity index (χ0n) is 14.4. The van der Waals surface area contributed by atoms with Crippen molar-refractivity contribution in [3.05, 3.63) is 59.1 Å². The van der Waals surface area contributed by atoms with Gasteiger partial charge in [-0.25, -0.2) is 0 Å². The van der Waals surface area contributed by atoms with Crippen molar-refractivity contribution in [2.45, 2.75) is 12.8 Å². The van der Waals surface area contributed by atoms with Crippen LogP contribution in [0.5, 0.6) is 0 Å². The number of hydrogen-bond acceptors (Lipinski definition) is 6. The lowest BCUT2D eigenvalue weighted by molar-refractivity contribution is -0.121. The number of halogens is 1. The molecule has 1 aliphatic heterocycles. The zero-order chi connectivity index (χ0) is 19.7. The Bertz CT molecular complexity index is 1080. The van der Waals surface area contributed by atoms with Crippen LogP contribution < -0.4 is 10.2 Å². The van der Waals surface area contributed by atoms with Crippen molar-refractivity contribution in [2.75, 3.05) is 10.2 Å². The van der Waals surface area contributed by atoms with Gasteiger partial charge in [-0.1, -0.05) is 28.8 Å². The molecule has 9 heteroatoms. The van der Waals surface area contributed by atoms with E-state index >= 15 is 0 Å². The van der Waals surface area contributed by atoms with Crippen LogP contribution in [0, 0.1) is 0 Å². The van der Waals surface area contributed by atoms with Crippen LogP contribution >= 0.6 is 11.6 Å². The maximum absolute atomic E-state index is 12.5. The predicted octanol–water partition coefficient (Wildman–Crippen LogP) is 3.30. The van der Waals surface area contributed by atoms with Crippen molar-refractivity contribution >= 4 is 41.0 Å². The minimum absolute atomic E-state index is 0.0845. The molecule has 0 unspecified atom stereocenters. The third kappa shape index (κ3) is 3.49. The van der Waals surface area contributed by atoms with E-state index in [0.717, 1.165) is 4.90 Å². The van der Waals surface area contributed by atoms with E-state index in [1.807, 2.05) is 0 Å². The molecule has 0 aliphatic carbocycles. The van der Waals surface area contributed by atoms with E-state index in [4.69, 9.17) is 16.0 Å². The van der Waals surface area contributed by atoms with Gasteiger partial charge in [0.05, 0.1) is 5.69 Å². The molecule has 3 aromatic rings. The molecule has 2 aromatic carbocycles. The standard InChI is InChI=1S/C19H13ClN4O4/c20-13-5-1-4-12(9-13)18-22-23-19(28-18)21-17(27)11-3-2-6-14(10-11)24-15(25)7-8-16(24)26/h1-6,9-10H,7-8H2,(H,21,23,27). The normalized spacial score (nSPS) is 13.8. The highest BCUT2D eigenvalue weighted by atomic mass is 35.5. The first-order valence-electron chi connectivity index (χ1n) is 8.38. The van der Waals surface area contributed by atoms with Crippen molar-refractivity contribution in [3.63, 3.8) is 0 Å². The van der Waals surface area contributed by atoms with Gasteiger partial charge in [0.15, 0.2) is 0 Å². The molecule has 0 atom stereocenters. The molecular formula is C19H13ClN4O4. The Balaban J connectivity index is 1.52. The van der Waals surface area contributed by atoms with Crippen molar-refractivity contribution in [2.24, 2.45) is 0 Å². The highest BCUT2D eigenvalue weighted by Crippen LogP contribution is 2.25. The van der Waals surface area contributed by atoms with Crippen molar-refractivity contribution in [1.29, 1.82) is 0 Å². The summed E-state index contributed by atoms with van der Waals surface area (Å²) in [5, 5.41) is 10.7. The third-order valence-corrected chi connectivity index (χ3v) is 4.37. The van der Waals surface area contributed by atoms with Gasteiger partial charge in [0, 0.05) is 29.0 Å². The monoisotopic (exact) mass is 396 g/mol. The van der Waals surface area contributed by atoms with Crippen molar-refractivity contribution in [3.8, 4) is 11.5 Å². The number of aromatic nitrogens is 2. The van der Waals surface area contributed by atoms with Gasteiger partial charge in [-0.3, -0.25) is 24.6 Å². The number of nitrogens with zero attached hydrogens (tertiary/aromatic N) is 3. The summed E-state index contributed by atoms with van der Waals surface area (Å²) >= 11 is 5.94. The first-order valence-corrected chi connectivity index (χ1v) is 8.76.